The van der Waals surface area contributed by atoms with E-state index in [1.54, 1.807) is 0 Å². The van der Waals surface area contributed by atoms with Crippen molar-refractivity contribution in [1.82, 2.24) is 15.0 Å². The average Bonchev–Trinajstić information content (AvgIpc) is 2.87. The summed E-state index contributed by atoms with van der Waals surface area (Å²) < 4.78 is 5.18. The third kappa shape index (κ3) is 2.62. The highest BCUT2D eigenvalue weighted by molar-refractivity contribution is 5.80. The van der Waals surface area contributed by atoms with E-state index in [0.29, 0.717) is 36.6 Å². The molecule has 0 aromatic carbocycles. The first-order chi connectivity index (χ1) is 11.5. The molecule has 130 valence electrons. The maximum Gasteiger partial charge on any atom is 0.227 e. The van der Waals surface area contributed by atoms with Crippen LogP contribution in [-0.4, -0.2) is 52.4 Å². The molecular formula is C18H25N3O3. The fourth-order valence-corrected chi connectivity index (χ4v) is 4.83. The van der Waals surface area contributed by atoms with E-state index in [0.717, 1.165) is 55.9 Å². The lowest BCUT2D eigenvalue weighted by atomic mass is 9.76. The van der Waals surface area contributed by atoms with Crippen molar-refractivity contribution in [2.45, 2.75) is 52.0 Å². The number of piperidine rings is 3. The molecule has 0 aliphatic carbocycles. The maximum absolute atomic E-state index is 12.8. The van der Waals surface area contributed by atoms with Gasteiger partial charge in [-0.05, 0) is 44.9 Å². The smallest absolute Gasteiger partial charge is 0.227 e. The van der Waals surface area contributed by atoms with Crippen LogP contribution in [0.5, 0.6) is 0 Å². The van der Waals surface area contributed by atoms with Crippen LogP contribution in [0.3, 0.4) is 0 Å². The molecule has 3 atom stereocenters. The number of aryl methyl sites for hydroxylation is 2. The molecule has 0 saturated carbocycles. The molecule has 2 amide bonds. The molecule has 0 radical (unpaired) electrons. The second-order valence-electron chi connectivity index (χ2n) is 7.65. The minimum absolute atomic E-state index is 0.162. The van der Waals surface area contributed by atoms with Crippen LogP contribution in [0.25, 0.3) is 0 Å². The Bertz CT molecular complexity index is 649. The van der Waals surface area contributed by atoms with Gasteiger partial charge in [0.05, 0.1) is 12.1 Å². The second-order valence-corrected chi connectivity index (χ2v) is 7.65. The van der Waals surface area contributed by atoms with E-state index >= 15 is 0 Å². The van der Waals surface area contributed by atoms with Gasteiger partial charge in [0, 0.05) is 37.7 Å². The Balaban J connectivity index is 1.47. The quantitative estimate of drug-likeness (QED) is 0.827. The summed E-state index contributed by atoms with van der Waals surface area (Å²) in [7, 11) is 0. The minimum atomic E-state index is 0.162. The molecule has 6 heteroatoms. The summed E-state index contributed by atoms with van der Waals surface area (Å²) in [6.07, 6.45) is 4.31. The van der Waals surface area contributed by atoms with E-state index < -0.39 is 0 Å². The number of carbonyl (C=O) groups is 2. The molecular weight excluding hydrogens is 306 g/mol. The molecule has 2 bridgehead atoms. The molecule has 3 aliphatic heterocycles. The lowest BCUT2D eigenvalue weighted by molar-refractivity contribution is -0.148. The molecule has 4 rings (SSSR count). The van der Waals surface area contributed by atoms with Crippen molar-refractivity contribution >= 4 is 11.8 Å². The number of hydrogen-bond donors (Lipinski definition) is 0. The predicted octanol–water partition coefficient (Wildman–Crippen LogP) is 1.69. The molecule has 3 aliphatic rings. The Kier molecular flexibility index (Phi) is 3.85. The normalized spacial score (nSPS) is 29.6. The highest BCUT2D eigenvalue weighted by Gasteiger charge is 2.44. The summed E-state index contributed by atoms with van der Waals surface area (Å²) in [6, 6.07) is 0.345. The van der Waals surface area contributed by atoms with E-state index in [9.17, 15) is 9.59 Å². The number of carbonyl (C=O) groups excluding carboxylic acids is 2. The SMILES string of the molecule is Cc1noc(C)c1CC(=O)N1CC2CC(C1)[C@H]1CCCC(=O)N1C2. The maximum atomic E-state index is 12.8. The van der Waals surface area contributed by atoms with Crippen molar-refractivity contribution in [3.8, 4) is 0 Å². The van der Waals surface area contributed by atoms with Crippen LogP contribution in [0.15, 0.2) is 4.52 Å². The number of likely N-dealkylation sites (tertiary alicyclic amines) is 1. The van der Waals surface area contributed by atoms with E-state index in [4.69, 9.17) is 4.52 Å². The molecule has 3 saturated heterocycles. The molecule has 0 spiro atoms. The van der Waals surface area contributed by atoms with Gasteiger partial charge < -0.3 is 14.3 Å². The zero-order valence-corrected chi connectivity index (χ0v) is 14.5. The van der Waals surface area contributed by atoms with Crippen molar-refractivity contribution in [2.75, 3.05) is 19.6 Å². The topological polar surface area (TPSA) is 66.7 Å². The zero-order valence-electron chi connectivity index (χ0n) is 14.5. The van der Waals surface area contributed by atoms with Crippen LogP contribution in [0.2, 0.25) is 0 Å². The molecule has 0 N–H and O–H groups in total. The Hall–Kier alpha value is -1.85. The van der Waals surface area contributed by atoms with Crippen LogP contribution in [-0.2, 0) is 16.0 Å². The van der Waals surface area contributed by atoms with Gasteiger partial charge in [-0.2, -0.15) is 0 Å². The van der Waals surface area contributed by atoms with E-state index in [1.807, 2.05) is 18.7 Å². The monoisotopic (exact) mass is 331 g/mol. The van der Waals surface area contributed by atoms with E-state index in [2.05, 4.69) is 10.1 Å². The lowest BCUT2D eigenvalue weighted by Crippen LogP contribution is -2.61. The van der Waals surface area contributed by atoms with Gasteiger partial charge in [-0.3, -0.25) is 9.59 Å². The Morgan fingerprint density at radius 3 is 2.88 bits per heavy atom. The summed E-state index contributed by atoms with van der Waals surface area (Å²) in [4.78, 5) is 29.1. The first-order valence-electron chi connectivity index (χ1n) is 9.02. The Labute approximate surface area is 142 Å². The molecule has 1 aromatic heterocycles. The molecule has 6 nitrogen and oxygen atoms in total. The van der Waals surface area contributed by atoms with Crippen LogP contribution >= 0.6 is 0 Å². The second kappa shape index (κ2) is 5.90. The standard InChI is InChI=1S/C18H25N3O3/c1-11-15(12(2)24-19-11)7-18(23)20-8-13-6-14(10-20)16-4-3-5-17(22)21(16)9-13/h13-14,16H,3-10H2,1-2H3/t13?,14?,16-/m1/s1. The largest absolute Gasteiger partial charge is 0.361 e. The van der Waals surface area contributed by atoms with Gasteiger partial charge in [-0.25, -0.2) is 0 Å². The van der Waals surface area contributed by atoms with Gasteiger partial charge in [0.15, 0.2) is 0 Å². The predicted molar refractivity (Wildman–Crippen MR) is 87.2 cm³/mol. The van der Waals surface area contributed by atoms with E-state index in [-0.39, 0.29) is 5.91 Å². The highest BCUT2D eigenvalue weighted by Crippen LogP contribution is 2.38. The third-order valence-corrected chi connectivity index (χ3v) is 6.04. The van der Waals surface area contributed by atoms with Gasteiger partial charge >= 0.3 is 0 Å². The van der Waals surface area contributed by atoms with Crippen LogP contribution < -0.4 is 0 Å². The van der Waals surface area contributed by atoms with Crippen molar-refractivity contribution in [1.29, 1.82) is 0 Å². The number of amides is 2. The summed E-state index contributed by atoms with van der Waals surface area (Å²) in [5.41, 5.74) is 1.73. The molecule has 1 aromatic rings. The van der Waals surface area contributed by atoms with Crippen molar-refractivity contribution in [2.24, 2.45) is 11.8 Å². The van der Waals surface area contributed by atoms with Crippen LogP contribution in [0.1, 0.15) is 42.7 Å². The number of rotatable bonds is 2. The van der Waals surface area contributed by atoms with Crippen LogP contribution in [0.4, 0.5) is 0 Å². The number of hydrogen-bond acceptors (Lipinski definition) is 4. The molecule has 2 unspecified atom stereocenters. The molecule has 24 heavy (non-hydrogen) atoms. The number of nitrogens with zero attached hydrogens (tertiary/aromatic N) is 3. The summed E-state index contributed by atoms with van der Waals surface area (Å²) in [6.45, 7) is 6.13. The van der Waals surface area contributed by atoms with Crippen molar-refractivity contribution in [3.05, 3.63) is 17.0 Å². The van der Waals surface area contributed by atoms with Gasteiger partial charge in [-0.1, -0.05) is 5.16 Å². The molecule has 4 heterocycles. The minimum Gasteiger partial charge on any atom is -0.361 e. The average molecular weight is 331 g/mol. The summed E-state index contributed by atoms with van der Waals surface area (Å²) in [5, 5.41) is 3.94. The van der Waals surface area contributed by atoms with Gasteiger partial charge in [-0.15, -0.1) is 0 Å². The summed E-state index contributed by atoms with van der Waals surface area (Å²) >= 11 is 0. The fraction of sp³-hybridized carbons (Fsp3) is 0.722. The number of aromatic nitrogens is 1. The Morgan fingerprint density at radius 1 is 1.29 bits per heavy atom. The van der Waals surface area contributed by atoms with Crippen molar-refractivity contribution in [3.63, 3.8) is 0 Å². The zero-order chi connectivity index (χ0) is 16.8. The van der Waals surface area contributed by atoms with Gasteiger partial charge in [0.2, 0.25) is 11.8 Å². The third-order valence-electron chi connectivity index (χ3n) is 6.04. The van der Waals surface area contributed by atoms with Gasteiger partial charge in [0.1, 0.15) is 5.76 Å². The van der Waals surface area contributed by atoms with Crippen molar-refractivity contribution < 1.29 is 14.1 Å². The van der Waals surface area contributed by atoms with Gasteiger partial charge in [0.25, 0.3) is 0 Å². The fourth-order valence-electron chi connectivity index (χ4n) is 4.83. The van der Waals surface area contributed by atoms with Crippen LogP contribution in [0, 0.1) is 25.7 Å². The Morgan fingerprint density at radius 2 is 2.12 bits per heavy atom. The summed E-state index contributed by atoms with van der Waals surface area (Å²) in [5.74, 6) is 2.08. The lowest BCUT2D eigenvalue weighted by Gasteiger charge is -2.52. The van der Waals surface area contributed by atoms with E-state index in [1.165, 1.54) is 0 Å². The first-order valence-corrected chi connectivity index (χ1v) is 9.02. The number of fused-ring (bicyclic) bond motifs is 4. The highest BCUT2D eigenvalue weighted by atomic mass is 16.5. The molecule has 3 fully saturated rings. The first kappa shape index (κ1) is 15.7.